The molecule has 5 atom stereocenters. The Balaban J connectivity index is 0.000000118. The maximum absolute atomic E-state index is 12.5. The Morgan fingerprint density at radius 1 is 0.350 bits per heavy atom. The fraction of sp³-hybridized carbons (Fsp3) is 0.568. The molecule has 1 aromatic carbocycles. The smallest absolute Gasteiger partial charge is 0.261 e. The lowest BCUT2D eigenvalue weighted by Crippen LogP contribution is -2.37. The van der Waals surface area contributed by atoms with Gasteiger partial charge in [0.05, 0.1) is 110 Å². The van der Waals surface area contributed by atoms with E-state index in [4.69, 9.17) is 0 Å². The van der Waals surface area contributed by atoms with Crippen LogP contribution in [0.1, 0.15) is 296 Å². The standard InChI is InChI=1S/C25H33N7.C24H26N6O2.C23H36N6.C20H29N5.C19H28N6/c1-30(24-9-4-6-21-7-5-13-27-25(21)24)17-23-19-32(29-28-23)16-20-10-14-31(15-11-20)18-22-8-2-3-12-26-22;1-28(21-11-4-7-17-8-5-12-25-22(17)21)15-18-16-29(27-26-18)13-6-14-30-23(31)19-9-2-3-10-20(19)24(30)32;1-18(2)14-28-12-9-19(10-13-28)15-29-17-21(25-26-29)16-27(3)22-8-4-6-20-7-5-11-24-23(20)22;1-24(19-11-5-9-17-10-6-12-21-20(17)19)14-18-15-25(23-22-18)13-16-7-3-2-4-8-16;1-24(18-6-2-4-16-5-3-9-21-19(16)18)14-17-12-22-23-25(17)13-15-7-10-20-11-8-15/h2-3,5,7-8,12-13,19-20,24H,4,6,9-11,14-18H2,1H3;2-3,5,8-10,12,16,21H,4,6-7,11,13-15H2,1H3;5,7,11,17-19,22H,4,6,8-10,12-16H2,1-3H3;6,10,12,15-16,19H,2-5,7-9,11,13-14H2,1H3;3,5,9,12,15,18,20H,2,4,6-8,10-11,13-14H2,1H3. The molecule has 32 nitrogen and oxygen atoms in total. The molecular formula is C111H152N30O2. The molecule has 15 heterocycles. The monoisotopic (exact) mass is 1940 g/mol. The minimum Gasteiger partial charge on any atom is -0.317 e. The van der Waals surface area contributed by atoms with E-state index < -0.39 is 0 Å². The summed E-state index contributed by atoms with van der Waals surface area (Å²) in [5.74, 6) is 3.21. The first-order chi connectivity index (χ1) is 70.0. The molecule has 3 saturated heterocycles. The van der Waals surface area contributed by atoms with Gasteiger partial charge in [-0.3, -0.25) is 92.5 Å². The van der Waals surface area contributed by atoms with Gasteiger partial charge in [0.25, 0.3) is 11.8 Å². The first kappa shape index (κ1) is 102. The van der Waals surface area contributed by atoms with Crippen molar-refractivity contribution in [1.82, 2.24) is 149 Å². The minimum atomic E-state index is -0.215. The molecule has 4 aliphatic heterocycles. The van der Waals surface area contributed by atoms with Crippen molar-refractivity contribution in [3.8, 4) is 0 Å². The van der Waals surface area contributed by atoms with Crippen LogP contribution >= 0.6 is 0 Å². The second-order valence-corrected chi connectivity index (χ2v) is 42.6. The quantitative estimate of drug-likeness (QED) is 0.0395. The number of pyridine rings is 6. The summed E-state index contributed by atoms with van der Waals surface area (Å²) in [6.07, 6.45) is 54.2. The number of nitrogens with one attached hydrogen (secondary N) is 1. The molecule has 0 spiro atoms. The average Bonchev–Trinajstić information content (AvgIpc) is 1.66. The second-order valence-electron chi connectivity index (χ2n) is 42.6. The summed E-state index contributed by atoms with van der Waals surface area (Å²) in [5.41, 5.74) is 20.6. The highest BCUT2D eigenvalue weighted by atomic mass is 16.2. The van der Waals surface area contributed by atoms with Crippen molar-refractivity contribution in [2.75, 3.05) is 87.6 Å². The summed E-state index contributed by atoms with van der Waals surface area (Å²) in [6.45, 7) is 22.7. The molecule has 0 radical (unpaired) electrons. The number of amides is 2. The Morgan fingerprint density at radius 3 is 1.11 bits per heavy atom. The number of carbonyl (C=O) groups is 2. The van der Waals surface area contributed by atoms with Gasteiger partial charge >= 0.3 is 0 Å². The molecule has 32 heteroatoms. The summed E-state index contributed by atoms with van der Waals surface area (Å²) in [7, 11) is 10.9. The summed E-state index contributed by atoms with van der Waals surface area (Å²) in [6, 6.07) is 36.3. The lowest BCUT2D eigenvalue weighted by Gasteiger charge is -2.32. The van der Waals surface area contributed by atoms with Gasteiger partial charge in [0.1, 0.15) is 0 Å². The molecule has 6 aliphatic carbocycles. The minimum absolute atomic E-state index is 0.215. The number of carbonyl (C=O) groups excluding carboxylic acids is 2. The zero-order valence-corrected chi connectivity index (χ0v) is 85.8. The van der Waals surface area contributed by atoms with Gasteiger partial charge in [0, 0.05) is 147 Å². The molecule has 1 saturated carbocycles. The second kappa shape index (κ2) is 50.4. The maximum Gasteiger partial charge on any atom is 0.261 e. The number of rotatable bonds is 31. The fourth-order valence-corrected chi connectivity index (χ4v) is 23.7. The number of aryl methyl sites for hydroxylation is 6. The van der Waals surface area contributed by atoms with Crippen molar-refractivity contribution in [2.45, 2.75) is 289 Å². The maximum atomic E-state index is 12.5. The van der Waals surface area contributed by atoms with E-state index in [1.165, 1.54) is 202 Å². The highest BCUT2D eigenvalue weighted by molar-refractivity contribution is 6.21. The Kier molecular flexibility index (Phi) is 35.9. The van der Waals surface area contributed by atoms with Crippen LogP contribution in [0.15, 0.2) is 171 Å². The van der Waals surface area contributed by atoms with Crippen LogP contribution in [0, 0.1) is 29.6 Å². The molecule has 10 aliphatic rings. The van der Waals surface area contributed by atoms with Crippen LogP contribution in [0.5, 0.6) is 0 Å². The fourth-order valence-electron chi connectivity index (χ4n) is 23.7. The van der Waals surface area contributed by atoms with E-state index in [1.54, 1.807) is 28.9 Å². The van der Waals surface area contributed by atoms with E-state index in [0.717, 1.165) is 183 Å². The molecule has 1 N–H and O–H groups in total. The van der Waals surface area contributed by atoms with Crippen LogP contribution in [-0.2, 0) is 104 Å². The Morgan fingerprint density at radius 2 is 0.713 bits per heavy atom. The van der Waals surface area contributed by atoms with Crippen LogP contribution in [0.4, 0.5) is 0 Å². The first-order valence-corrected chi connectivity index (χ1v) is 53.7. The molecule has 12 aromatic rings. The summed E-state index contributed by atoms with van der Waals surface area (Å²) in [5, 5.41) is 47.1. The van der Waals surface area contributed by atoms with Gasteiger partial charge in [-0.05, 0) is 341 Å². The Bertz CT molecular complexity index is 5920. The SMILES string of the molecule is CC(C)CN1CCC(Cn2cc(CN(C)C3CCCc4cccnc43)nn2)CC1.CN(Cc1cn(CC2CCCCC2)nn1)C1CCCc2cccnc21.CN(Cc1cn(CC2CCN(Cc3ccccn3)CC2)nn1)C1CCCc2cccnc21.CN(Cc1cn(CCCN2C(=O)c3ccccc3C2=O)nn1)C1CCCc2cccnc21.CN(Cc1cnnn1CC1CCNCC1)C1CCCc2cccnc21. The Hall–Kier alpha value is -11.4. The number of fused-ring (bicyclic) bond motifs is 6. The molecule has 2 amide bonds. The van der Waals surface area contributed by atoms with E-state index in [-0.39, 0.29) is 11.8 Å². The summed E-state index contributed by atoms with van der Waals surface area (Å²) >= 11 is 0. The molecule has 0 bridgehead atoms. The first-order valence-electron chi connectivity index (χ1n) is 53.7. The summed E-state index contributed by atoms with van der Waals surface area (Å²) in [4.78, 5) is 71.1. The lowest BCUT2D eigenvalue weighted by atomic mass is 9.89. The van der Waals surface area contributed by atoms with Crippen molar-refractivity contribution in [3.63, 3.8) is 0 Å². The lowest BCUT2D eigenvalue weighted by molar-refractivity contribution is 0.0650. The van der Waals surface area contributed by atoms with E-state index in [2.05, 4.69) is 274 Å². The van der Waals surface area contributed by atoms with E-state index >= 15 is 0 Å². The van der Waals surface area contributed by atoms with Crippen molar-refractivity contribution >= 4 is 11.8 Å². The van der Waals surface area contributed by atoms with Crippen LogP contribution in [0.2, 0.25) is 0 Å². The Labute approximate surface area is 845 Å². The predicted molar refractivity (Wildman–Crippen MR) is 552 cm³/mol. The van der Waals surface area contributed by atoms with Gasteiger partial charge in [-0.25, -0.2) is 4.68 Å². The van der Waals surface area contributed by atoms with E-state index in [1.807, 2.05) is 61.7 Å². The van der Waals surface area contributed by atoms with Crippen LogP contribution in [0.3, 0.4) is 0 Å². The highest BCUT2D eigenvalue weighted by Gasteiger charge is 2.37. The number of hydrogen-bond donors (Lipinski definition) is 1. The largest absolute Gasteiger partial charge is 0.317 e. The number of likely N-dealkylation sites (tertiary alicyclic amines) is 2. The number of imide groups is 1. The topological polar surface area (TPSA) is 303 Å². The third-order valence-corrected chi connectivity index (χ3v) is 31.3. The molecule has 758 valence electrons. The number of aromatic nitrogens is 21. The van der Waals surface area contributed by atoms with Gasteiger partial charge in [-0.2, -0.15) is 0 Å². The van der Waals surface area contributed by atoms with Crippen LogP contribution in [-0.4, -0.2) is 243 Å². The number of nitrogens with zero attached hydrogens (tertiary/aromatic N) is 29. The van der Waals surface area contributed by atoms with Gasteiger partial charge < -0.3 is 10.2 Å². The van der Waals surface area contributed by atoms with Gasteiger partial charge in [0.2, 0.25) is 0 Å². The number of piperidine rings is 3. The molecular weight excluding hydrogens is 1790 g/mol. The third kappa shape index (κ3) is 27.4. The number of benzene rings is 1. The van der Waals surface area contributed by atoms with Crippen LogP contribution < -0.4 is 5.32 Å². The normalized spacial score (nSPS) is 20.2. The zero-order chi connectivity index (χ0) is 98.2. The molecule has 4 fully saturated rings. The zero-order valence-electron chi connectivity index (χ0n) is 85.8. The molecule has 22 rings (SSSR count). The summed E-state index contributed by atoms with van der Waals surface area (Å²) < 4.78 is 10.1. The van der Waals surface area contributed by atoms with E-state index in [0.29, 0.717) is 79.2 Å². The van der Waals surface area contributed by atoms with Crippen molar-refractivity contribution in [1.29, 1.82) is 0 Å². The predicted octanol–water partition coefficient (Wildman–Crippen LogP) is 15.9. The van der Waals surface area contributed by atoms with Crippen LogP contribution in [0.25, 0.3) is 0 Å². The van der Waals surface area contributed by atoms with E-state index in [9.17, 15) is 9.59 Å². The average molecular weight is 1940 g/mol. The third-order valence-electron chi connectivity index (χ3n) is 31.3. The van der Waals surface area contributed by atoms with Gasteiger partial charge in [-0.1, -0.05) is 108 Å². The van der Waals surface area contributed by atoms with Crippen molar-refractivity contribution in [3.05, 3.63) is 273 Å². The molecule has 11 aromatic heterocycles. The number of hydrogen-bond acceptors (Lipinski definition) is 26. The van der Waals surface area contributed by atoms with Crippen molar-refractivity contribution in [2.24, 2.45) is 29.6 Å². The molecule has 143 heavy (non-hydrogen) atoms. The molecule has 5 unspecified atom stereocenters. The van der Waals surface area contributed by atoms with Crippen molar-refractivity contribution < 1.29 is 9.59 Å². The highest BCUT2D eigenvalue weighted by Crippen LogP contribution is 2.40. The van der Waals surface area contributed by atoms with Gasteiger partial charge in [-0.15, -0.1) is 25.5 Å². The van der Waals surface area contributed by atoms with Gasteiger partial charge in [0.15, 0.2) is 0 Å².